The molecule has 0 aromatic heterocycles. The molecule has 25 heavy (non-hydrogen) atoms. The molecule has 0 fully saturated rings. The lowest BCUT2D eigenvalue weighted by Crippen LogP contribution is -2.37. The normalized spacial score (nSPS) is 16.6. The van der Waals surface area contributed by atoms with Crippen molar-refractivity contribution in [2.75, 3.05) is 12.3 Å². The molecule has 140 valence electrons. The maximum absolute atomic E-state index is 12.4. The number of hydrogen-bond acceptors (Lipinski definition) is 5. The average Bonchev–Trinajstić information content (AvgIpc) is 2.66. The monoisotopic (exact) mass is 397 g/mol. The van der Waals surface area contributed by atoms with Gasteiger partial charge in [-0.2, -0.15) is 13.2 Å². The van der Waals surface area contributed by atoms with Crippen LogP contribution in [0.3, 0.4) is 0 Å². The number of amides is 1. The molecule has 0 aliphatic carbocycles. The molecule has 5 nitrogen and oxygen atoms in total. The van der Waals surface area contributed by atoms with E-state index in [0.29, 0.717) is 17.9 Å². The van der Waals surface area contributed by atoms with Crippen LogP contribution in [-0.4, -0.2) is 38.6 Å². The minimum Gasteiger partial charge on any atom is -0.444 e. The van der Waals surface area contributed by atoms with Gasteiger partial charge < -0.3 is 13.8 Å². The Morgan fingerprint density at radius 3 is 2.56 bits per heavy atom. The lowest BCUT2D eigenvalue weighted by Gasteiger charge is -2.26. The van der Waals surface area contributed by atoms with Crippen LogP contribution in [0.15, 0.2) is 23.1 Å². The van der Waals surface area contributed by atoms with Crippen LogP contribution in [0.25, 0.3) is 0 Å². The molecule has 1 heterocycles. The summed E-state index contributed by atoms with van der Waals surface area (Å²) in [6.07, 6.45) is -0.494. The Hall–Kier alpha value is -1.42. The van der Waals surface area contributed by atoms with E-state index in [9.17, 15) is 22.2 Å². The van der Waals surface area contributed by atoms with Gasteiger partial charge in [0.25, 0.3) is 0 Å². The fourth-order valence-corrected chi connectivity index (χ4v) is 3.42. The molecule has 0 bridgehead atoms. The molecule has 1 amide bonds. The maximum Gasteiger partial charge on any atom is 0.508 e. The highest BCUT2D eigenvalue weighted by Crippen LogP contribution is 2.32. The second-order valence-electron chi connectivity index (χ2n) is 6.28. The summed E-state index contributed by atoms with van der Waals surface area (Å²) in [4.78, 5) is 14.5. The van der Waals surface area contributed by atoms with E-state index in [0.717, 1.165) is 4.90 Å². The summed E-state index contributed by atoms with van der Waals surface area (Å²) in [5, 5.41) is 0. The number of nitrogens with zero attached hydrogens (tertiary/aromatic N) is 1. The first-order chi connectivity index (χ1) is 11.5. The molecule has 0 spiro atoms. The van der Waals surface area contributed by atoms with E-state index < -0.39 is 28.3 Å². The summed E-state index contributed by atoms with van der Waals surface area (Å²) in [5.74, 6) is 0.460. The number of hydrogen-bond donors (Lipinski definition) is 0. The van der Waals surface area contributed by atoms with Crippen LogP contribution in [0.4, 0.5) is 18.0 Å². The third-order valence-electron chi connectivity index (χ3n) is 3.02. The zero-order valence-electron chi connectivity index (χ0n) is 13.9. The van der Waals surface area contributed by atoms with Crippen molar-refractivity contribution < 1.29 is 31.1 Å². The fourth-order valence-electron chi connectivity index (χ4n) is 2.04. The van der Waals surface area contributed by atoms with Gasteiger partial charge in [0.15, 0.2) is 0 Å². The van der Waals surface area contributed by atoms with E-state index in [1.165, 1.54) is 28.8 Å². The van der Waals surface area contributed by atoms with Gasteiger partial charge >= 0.3 is 22.7 Å². The smallest absolute Gasteiger partial charge is 0.444 e. The Bertz CT molecular complexity index is 674. The van der Waals surface area contributed by atoms with Crippen molar-refractivity contribution in [2.24, 2.45) is 0 Å². The summed E-state index contributed by atoms with van der Waals surface area (Å²) in [7, 11) is 0. The van der Waals surface area contributed by atoms with E-state index >= 15 is 0 Å². The van der Waals surface area contributed by atoms with Crippen LogP contribution in [0.5, 0.6) is 5.75 Å². The van der Waals surface area contributed by atoms with E-state index in [2.05, 4.69) is 4.18 Å². The quantitative estimate of drug-likeness (QED) is 0.752. The molecule has 10 heteroatoms. The molecule has 1 aromatic rings. The van der Waals surface area contributed by atoms with Crippen molar-refractivity contribution in [2.45, 2.75) is 43.3 Å². The van der Waals surface area contributed by atoms with Gasteiger partial charge in [-0.15, -0.1) is 11.8 Å². The molecule has 1 atom stereocenters. The molecule has 0 radical (unpaired) electrons. The van der Waals surface area contributed by atoms with Gasteiger partial charge in [0, 0.05) is 17.2 Å². The standard InChI is InChI=1S/C15H18F3NO4S2/c1-14(2,3)22-13(20)19-6-7-24-12-5-4-11(8-10(12)9-19)23-25(21)15(16,17)18/h4-5,8H,6-7,9H2,1-3H3. The molecule has 0 saturated carbocycles. The van der Waals surface area contributed by atoms with Crippen molar-refractivity contribution in [1.82, 2.24) is 4.90 Å². The van der Waals surface area contributed by atoms with Crippen LogP contribution in [0.2, 0.25) is 0 Å². The van der Waals surface area contributed by atoms with Crippen LogP contribution < -0.4 is 4.18 Å². The number of alkyl halides is 3. The average molecular weight is 397 g/mol. The highest BCUT2D eigenvalue weighted by atomic mass is 32.2. The molecule has 2 rings (SSSR count). The predicted octanol–water partition coefficient (Wildman–Crippen LogP) is 4.09. The Labute approximate surface area is 150 Å². The number of rotatable bonds is 2. The lowest BCUT2D eigenvalue weighted by atomic mass is 10.2. The zero-order valence-corrected chi connectivity index (χ0v) is 15.5. The molecule has 1 aliphatic rings. The Morgan fingerprint density at radius 1 is 1.28 bits per heavy atom. The highest BCUT2D eigenvalue weighted by molar-refractivity contribution is 7.99. The molecule has 0 N–H and O–H groups in total. The molecule has 1 unspecified atom stereocenters. The van der Waals surface area contributed by atoms with Gasteiger partial charge in [0.2, 0.25) is 0 Å². The molecular weight excluding hydrogens is 379 g/mol. The van der Waals surface area contributed by atoms with Crippen molar-refractivity contribution >= 4 is 28.9 Å². The van der Waals surface area contributed by atoms with E-state index in [-0.39, 0.29) is 12.3 Å². The van der Waals surface area contributed by atoms with Crippen LogP contribution in [0.1, 0.15) is 26.3 Å². The van der Waals surface area contributed by atoms with Crippen LogP contribution >= 0.6 is 11.8 Å². The predicted molar refractivity (Wildman–Crippen MR) is 88.6 cm³/mol. The first-order valence-electron chi connectivity index (χ1n) is 7.36. The minimum absolute atomic E-state index is 0.166. The molecule has 0 saturated heterocycles. The first kappa shape index (κ1) is 19.9. The highest BCUT2D eigenvalue weighted by Gasteiger charge is 2.40. The number of halogens is 3. The van der Waals surface area contributed by atoms with Gasteiger partial charge in [0.05, 0.1) is 6.54 Å². The second-order valence-corrected chi connectivity index (χ2v) is 8.52. The largest absolute Gasteiger partial charge is 0.508 e. The fraction of sp³-hybridized carbons (Fsp3) is 0.533. The van der Waals surface area contributed by atoms with Crippen molar-refractivity contribution in [3.05, 3.63) is 23.8 Å². The van der Waals surface area contributed by atoms with Gasteiger partial charge in [-0.1, -0.05) is 0 Å². The van der Waals surface area contributed by atoms with E-state index in [1.807, 2.05) is 0 Å². The Morgan fingerprint density at radius 2 is 1.96 bits per heavy atom. The third kappa shape index (κ3) is 5.81. The molecular formula is C15H18F3NO4S2. The molecule has 1 aromatic carbocycles. The van der Waals surface area contributed by atoms with Gasteiger partial charge in [-0.25, -0.2) is 9.00 Å². The van der Waals surface area contributed by atoms with E-state index in [1.54, 1.807) is 26.8 Å². The summed E-state index contributed by atoms with van der Waals surface area (Å²) >= 11 is -1.96. The third-order valence-corrected chi connectivity index (χ3v) is 4.84. The molecule has 1 aliphatic heterocycles. The second kappa shape index (κ2) is 7.45. The number of ether oxygens (including phenoxy) is 1. The van der Waals surface area contributed by atoms with Gasteiger partial charge in [-0.3, -0.25) is 0 Å². The summed E-state index contributed by atoms with van der Waals surface area (Å²) < 4.78 is 58.0. The van der Waals surface area contributed by atoms with Crippen molar-refractivity contribution in [3.8, 4) is 5.75 Å². The zero-order chi connectivity index (χ0) is 18.8. The number of benzene rings is 1. The summed E-state index contributed by atoms with van der Waals surface area (Å²) in [6.45, 7) is 5.88. The van der Waals surface area contributed by atoms with Crippen molar-refractivity contribution in [1.29, 1.82) is 0 Å². The maximum atomic E-state index is 12.4. The number of thioether (sulfide) groups is 1. The van der Waals surface area contributed by atoms with Gasteiger partial charge in [0.1, 0.15) is 11.4 Å². The topological polar surface area (TPSA) is 55.8 Å². The summed E-state index contributed by atoms with van der Waals surface area (Å²) in [5.41, 5.74) is -4.98. The lowest BCUT2D eigenvalue weighted by molar-refractivity contribution is -0.0437. The van der Waals surface area contributed by atoms with Crippen LogP contribution in [0, 0.1) is 0 Å². The number of carbonyl (C=O) groups excluding carboxylic acids is 1. The van der Waals surface area contributed by atoms with Crippen molar-refractivity contribution in [3.63, 3.8) is 0 Å². The van der Waals surface area contributed by atoms with E-state index in [4.69, 9.17) is 4.74 Å². The number of fused-ring (bicyclic) bond motifs is 1. The summed E-state index contributed by atoms with van der Waals surface area (Å²) in [6, 6.07) is 4.30. The Balaban J connectivity index is 2.17. The first-order valence-corrected chi connectivity index (χ1v) is 9.42. The minimum atomic E-state index is -4.95. The van der Waals surface area contributed by atoms with Gasteiger partial charge in [-0.05, 0) is 44.5 Å². The number of carbonyl (C=O) groups is 1. The van der Waals surface area contributed by atoms with Crippen LogP contribution in [-0.2, 0) is 22.4 Å². The Kier molecular flexibility index (Phi) is 5.93. The SMILES string of the molecule is CC(C)(C)OC(=O)N1CCSc2ccc(OS(=O)C(F)(F)F)cc2C1.